The van der Waals surface area contributed by atoms with Gasteiger partial charge in [-0.25, -0.2) is 0 Å². The molecule has 0 heteroatoms. The predicted molar refractivity (Wildman–Crippen MR) is 236 cm³/mol. The minimum Gasteiger partial charge on any atom is -0.0622 e. The maximum absolute atomic E-state index is 2.46. The molecule has 0 bridgehead atoms. The maximum atomic E-state index is 2.46. The van der Waals surface area contributed by atoms with Gasteiger partial charge in [-0.15, -0.1) is 0 Å². The molecule has 0 saturated carbocycles. The van der Waals surface area contributed by atoms with Crippen molar-refractivity contribution in [1.82, 2.24) is 0 Å². The van der Waals surface area contributed by atoms with Crippen LogP contribution in [0, 0.1) is 0 Å². The van der Waals surface area contributed by atoms with E-state index in [1.807, 2.05) is 0 Å². The van der Waals surface area contributed by atoms with Gasteiger partial charge in [0.1, 0.15) is 0 Å². The largest absolute Gasteiger partial charge is 0.0622 e. The molecule has 0 aliphatic heterocycles. The second kappa shape index (κ2) is 12.1. The first-order valence-electron chi connectivity index (χ1n) is 19.4. The van der Waals surface area contributed by atoms with Crippen LogP contribution >= 0.6 is 0 Å². The molecule has 0 heterocycles. The summed E-state index contributed by atoms with van der Waals surface area (Å²) in [5, 5.41) is 10.3. The number of hydrogen-bond donors (Lipinski definition) is 0. The van der Waals surface area contributed by atoms with E-state index in [2.05, 4.69) is 208 Å². The van der Waals surface area contributed by atoms with Crippen molar-refractivity contribution in [2.24, 2.45) is 0 Å². The number of rotatable bonds is 4. The Labute approximate surface area is 322 Å². The molecule has 0 N–H and O–H groups in total. The van der Waals surface area contributed by atoms with Crippen molar-refractivity contribution in [2.45, 2.75) is 19.3 Å². The molecule has 0 nitrogen and oxygen atoms in total. The highest BCUT2D eigenvalue weighted by Crippen LogP contribution is 2.53. The third-order valence-electron chi connectivity index (χ3n) is 12.2. The fourth-order valence-electron chi connectivity index (χ4n) is 9.67. The summed E-state index contributed by atoms with van der Waals surface area (Å²) in [7, 11) is 0. The molecular weight excluding hydrogens is 661 g/mol. The molecule has 0 amide bonds. The third kappa shape index (κ3) is 4.78. The van der Waals surface area contributed by atoms with Crippen molar-refractivity contribution in [3.8, 4) is 55.6 Å². The van der Waals surface area contributed by atoms with E-state index in [9.17, 15) is 0 Å². The first-order chi connectivity index (χ1) is 27.1. The number of hydrogen-bond acceptors (Lipinski definition) is 0. The minimum atomic E-state index is -0.0994. The lowest BCUT2D eigenvalue weighted by Gasteiger charge is -2.22. The van der Waals surface area contributed by atoms with Crippen LogP contribution in [0.3, 0.4) is 0 Å². The lowest BCUT2D eigenvalue weighted by molar-refractivity contribution is 0.661. The molecular formula is C55H38. The lowest BCUT2D eigenvalue weighted by atomic mass is 9.81. The Hall–Kier alpha value is -6.76. The van der Waals surface area contributed by atoms with Crippen LogP contribution in [0.2, 0.25) is 0 Å². The molecule has 1 aliphatic rings. The van der Waals surface area contributed by atoms with Crippen LogP contribution in [0.1, 0.15) is 25.0 Å². The molecule has 0 atom stereocenters. The molecule has 10 aromatic rings. The molecule has 1 aliphatic carbocycles. The van der Waals surface area contributed by atoms with Crippen molar-refractivity contribution >= 4 is 43.1 Å². The summed E-state index contributed by atoms with van der Waals surface area (Å²) in [6.07, 6.45) is 0. The number of fused-ring (bicyclic) bond motifs is 9. The second-order valence-electron chi connectivity index (χ2n) is 15.6. The average Bonchev–Trinajstić information content (AvgIpc) is 3.48. The second-order valence-corrected chi connectivity index (χ2v) is 15.6. The number of benzene rings is 10. The van der Waals surface area contributed by atoms with Crippen LogP contribution in [0.25, 0.3) is 98.7 Å². The standard InChI is InChI=1S/C55H38/c1-55(2)49-32-29-36-16-6-8-23-43(36)53(49)47-30-28-39(34-50(47)55)42-22-11-10-21-41(42)38-19-14-20-40(33-38)51-45-25-12-13-26-46(45)52(37-17-4-3-5-18-37)54-44-24-9-7-15-35(44)27-31-48(51)54/h3-34H,1-2H3. The first kappa shape index (κ1) is 31.7. The summed E-state index contributed by atoms with van der Waals surface area (Å²) < 4.78 is 0. The zero-order chi connectivity index (χ0) is 36.7. The van der Waals surface area contributed by atoms with Crippen molar-refractivity contribution in [3.63, 3.8) is 0 Å². The third-order valence-corrected chi connectivity index (χ3v) is 12.2. The quantitative estimate of drug-likeness (QED) is 0.127. The van der Waals surface area contributed by atoms with Crippen LogP contribution in [0.15, 0.2) is 194 Å². The Morgan fingerprint density at radius 2 is 0.855 bits per heavy atom. The van der Waals surface area contributed by atoms with E-state index in [4.69, 9.17) is 0 Å². The van der Waals surface area contributed by atoms with Crippen LogP contribution in [-0.4, -0.2) is 0 Å². The van der Waals surface area contributed by atoms with Crippen LogP contribution in [-0.2, 0) is 5.41 Å². The molecule has 0 unspecified atom stereocenters. The monoisotopic (exact) mass is 698 g/mol. The molecule has 55 heavy (non-hydrogen) atoms. The van der Waals surface area contributed by atoms with Gasteiger partial charge in [-0.1, -0.05) is 196 Å². The molecule has 0 radical (unpaired) electrons. The zero-order valence-electron chi connectivity index (χ0n) is 31.0. The smallest absolute Gasteiger partial charge is 0.0159 e. The Balaban J connectivity index is 1.11. The van der Waals surface area contributed by atoms with Gasteiger partial charge in [0.25, 0.3) is 0 Å². The normalized spacial score (nSPS) is 13.1. The van der Waals surface area contributed by atoms with E-state index in [1.165, 1.54) is 110 Å². The highest BCUT2D eigenvalue weighted by molar-refractivity contribution is 6.28. The first-order valence-corrected chi connectivity index (χ1v) is 19.4. The summed E-state index contributed by atoms with van der Waals surface area (Å²) in [6, 6.07) is 72.1. The van der Waals surface area contributed by atoms with Crippen molar-refractivity contribution in [1.29, 1.82) is 0 Å². The summed E-state index contributed by atoms with van der Waals surface area (Å²) in [4.78, 5) is 0. The van der Waals surface area contributed by atoms with Crippen molar-refractivity contribution in [2.75, 3.05) is 0 Å². The van der Waals surface area contributed by atoms with Crippen LogP contribution in [0.5, 0.6) is 0 Å². The van der Waals surface area contributed by atoms with E-state index >= 15 is 0 Å². The zero-order valence-corrected chi connectivity index (χ0v) is 31.0. The molecule has 0 aromatic heterocycles. The van der Waals surface area contributed by atoms with Gasteiger partial charge in [0.2, 0.25) is 0 Å². The van der Waals surface area contributed by atoms with E-state index in [1.54, 1.807) is 0 Å². The molecule has 258 valence electrons. The van der Waals surface area contributed by atoms with E-state index in [0.29, 0.717) is 0 Å². The van der Waals surface area contributed by atoms with Crippen LogP contribution < -0.4 is 0 Å². The van der Waals surface area contributed by atoms with E-state index in [0.717, 1.165) is 0 Å². The van der Waals surface area contributed by atoms with Gasteiger partial charge >= 0.3 is 0 Å². The molecule has 11 rings (SSSR count). The van der Waals surface area contributed by atoms with Gasteiger partial charge in [0.05, 0.1) is 0 Å². The summed E-state index contributed by atoms with van der Waals surface area (Å²) >= 11 is 0. The fourth-order valence-corrected chi connectivity index (χ4v) is 9.67. The van der Waals surface area contributed by atoms with E-state index in [-0.39, 0.29) is 5.41 Å². The topological polar surface area (TPSA) is 0 Å². The molecule has 0 saturated heterocycles. The lowest BCUT2D eigenvalue weighted by Crippen LogP contribution is -2.15. The van der Waals surface area contributed by atoms with Crippen molar-refractivity contribution < 1.29 is 0 Å². The Kier molecular flexibility index (Phi) is 7.00. The van der Waals surface area contributed by atoms with Gasteiger partial charge in [-0.2, -0.15) is 0 Å². The Morgan fingerprint density at radius 3 is 1.62 bits per heavy atom. The Morgan fingerprint density at radius 1 is 0.291 bits per heavy atom. The predicted octanol–water partition coefficient (Wildman–Crippen LogP) is 15.3. The van der Waals surface area contributed by atoms with Gasteiger partial charge in [-0.05, 0) is 122 Å². The summed E-state index contributed by atoms with van der Waals surface area (Å²) in [5.41, 5.74) is 15.4. The SMILES string of the molecule is CC1(C)c2cc(-c3ccccc3-c3cccc(-c4c5ccccc5c(-c5ccccc5)c5c4ccc4ccccc45)c3)ccc2-c2c1ccc1ccccc21. The molecule has 0 spiro atoms. The van der Waals surface area contributed by atoms with Gasteiger partial charge in [-0.3, -0.25) is 0 Å². The molecule has 0 fully saturated rings. The Bertz CT molecular complexity index is 3160. The van der Waals surface area contributed by atoms with Crippen molar-refractivity contribution in [3.05, 3.63) is 205 Å². The maximum Gasteiger partial charge on any atom is 0.0159 e. The van der Waals surface area contributed by atoms with Crippen LogP contribution in [0.4, 0.5) is 0 Å². The summed E-state index contributed by atoms with van der Waals surface area (Å²) in [6.45, 7) is 4.76. The average molecular weight is 699 g/mol. The molecule has 10 aromatic carbocycles. The van der Waals surface area contributed by atoms with Gasteiger partial charge < -0.3 is 0 Å². The van der Waals surface area contributed by atoms with E-state index < -0.39 is 0 Å². The fraction of sp³-hybridized carbons (Fsp3) is 0.0545. The minimum absolute atomic E-state index is 0.0994. The van der Waals surface area contributed by atoms with Gasteiger partial charge in [0, 0.05) is 5.41 Å². The van der Waals surface area contributed by atoms with Gasteiger partial charge in [0.15, 0.2) is 0 Å². The highest BCUT2D eigenvalue weighted by Gasteiger charge is 2.36. The summed E-state index contributed by atoms with van der Waals surface area (Å²) in [5.74, 6) is 0. The highest BCUT2D eigenvalue weighted by atomic mass is 14.4.